The zero-order chi connectivity index (χ0) is 18.8. The van der Waals surface area contributed by atoms with Crippen molar-refractivity contribution in [3.8, 4) is 0 Å². The number of benzene rings is 1. The average Bonchev–Trinajstić information content (AvgIpc) is 2.78. The molecule has 1 aromatic rings. The van der Waals surface area contributed by atoms with Gasteiger partial charge in [0.05, 0.1) is 17.0 Å². The van der Waals surface area contributed by atoms with Crippen LogP contribution in [-0.2, 0) is 14.6 Å². The van der Waals surface area contributed by atoms with Crippen molar-refractivity contribution in [3.63, 3.8) is 0 Å². The molecular weight excluding hydrogens is 347 g/mol. The molecular formula is C17H23FN2O4S. The van der Waals surface area contributed by atoms with Crippen molar-refractivity contribution < 1.29 is 22.4 Å². The molecule has 0 radical (unpaired) electrons. The molecule has 1 saturated heterocycles. The smallest absolute Gasteiger partial charge is 0.251 e. The third-order valence-corrected chi connectivity index (χ3v) is 6.17. The maximum Gasteiger partial charge on any atom is 0.251 e. The zero-order valence-corrected chi connectivity index (χ0v) is 15.3. The monoisotopic (exact) mass is 370 g/mol. The lowest BCUT2D eigenvalue weighted by Crippen LogP contribution is -2.56. The van der Waals surface area contributed by atoms with Gasteiger partial charge in [-0.25, -0.2) is 12.8 Å². The van der Waals surface area contributed by atoms with Gasteiger partial charge in [0.15, 0.2) is 9.84 Å². The number of carbonyl (C=O) groups is 2. The Hall–Kier alpha value is -1.96. The van der Waals surface area contributed by atoms with Crippen LogP contribution in [0.25, 0.3) is 0 Å². The van der Waals surface area contributed by atoms with Gasteiger partial charge >= 0.3 is 0 Å². The van der Waals surface area contributed by atoms with E-state index in [2.05, 4.69) is 10.6 Å². The van der Waals surface area contributed by atoms with Crippen LogP contribution in [0.15, 0.2) is 24.3 Å². The summed E-state index contributed by atoms with van der Waals surface area (Å²) in [7, 11) is -3.15. The Balaban J connectivity index is 2.08. The topological polar surface area (TPSA) is 92.3 Å². The summed E-state index contributed by atoms with van der Waals surface area (Å²) in [5, 5.41) is 5.41. The first kappa shape index (κ1) is 19.4. The zero-order valence-electron chi connectivity index (χ0n) is 14.5. The number of amides is 2. The van der Waals surface area contributed by atoms with Crippen LogP contribution < -0.4 is 10.6 Å². The third-order valence-electron chi connectivity index (χ3n) is 4.27. The quantitative estimate of drug-likeness (QED) is 0.816. The summed E-state index contributed by atoms with van der Waals surface area (Å²) >= 11 is 0. The van der Waals surface area contributed by atoms with Gasteiger partial charge in [-0.1, -0.05) is 13.8 Å². The molecule has 1 aliphatic rings. The van der Waals surface area contributed by atoms with Crippen molar-refractivity contribution >= 4 is 21.7 Å². The van der Waals surface area contributed by atoms with Crippen LogP contribution in [0, 0.1) is 11.7 Å². The maximum absolute atomic E-state index is 13.0. The molecule has 8 heteroatoms. The van der Waals surface area contributed by atoms with Gasteiger partial charge in [0.2, 0.25) is 5.91 Å². The van der Waals surface area contributed by atoms with Crippen LogP contribution in [0.4, 0.5) is 4.39 Å². The van der Waals surface area contributed by atoms with E-state index in [1.807, 2.05) is 0 Å². The second-order valence-electron chi connectivity index (χ2n) is 7.09. The molecule has 0 saturated carbocycles. The Morgan fingerprint density at radius 3 is 2.28 bits per heavy atom. The molecule has 2 N–H and O–H groups in total. The lowest BCUT2D eigenvalue weighted by Gasteiger charge is -2.29. The molecule has 0 unspecified atom stereocenters. The van der Waals surface area contributed by atoms with Crippen LogP contribution >= 0.6 is 0 Å². The summed E-state index contributed by atoms with van der Waals surface area (Å²) in [6.07, 6.45) is 0.345. The summed E-state index contributed by atoms with van der Waals surface area (Å²) in [4.78, 5) is 24.9. The molecule has 0 aliphatic carbocycles. The predicted octanol–water partition coefficient (Wildman–Crippen LogP) is 1.27. The van der Waals surface area contributed by atoms with Gasteiger partial charge in [-0.2, -0.15) is 0 Å². The minimum atomic E-state index is -3.15. The Morgan fingerprint density at radius 2 is 1.80 bits per heavy atom. The highest BCUT2D eigenvalue weighted by Gasteiger charge is 2.41. The van der Waals surface area contributed by atoms with E-state index in [0.717, 1.165) is 0 Å². The summed E-state index contributed by atoms with van der Waals surface area (Å²) in [6, 6.07) is 4.20. The number of carbonyl (C=O) groups excluding carboxylic acids is 2. The van der Waals surface area contributed by atoms with E-state index in [-0.39, 0.29) is 23.0 Å². The Kier molecular flexibility index (Phi) is 5.51. The second-order valence-corrected chi connectivity index (χ2v) is 9.28. The fourth-order valence-electron chi connectivity index (χ4n) is 2.85. The van der Waals surface area contributed by atoms with Crippen molar-refractivity contribution in [2.45, 2.75) is 38.8 Å². The van der Waals surface area contributed by atoms with Crippen molar-refractivity contribution in [3.05, 3.63) is 35.6 Å². The van der Waals surface area contributed by atoms with E-state index >= 15 is 0 Å². The number of halogens is 1. The summed E-state index contributed by atoms with van der Waals surface area (Å²) in [5.74, 6) is -1.64. The minimum Gasteiger partial charge on any atom is -0.348 e. The first-order valence-corrected chi connectivity index (χ1v) is 9.92. The van der Waals surface area contributed by atoms with Crippen molar-refractivity contribution in [2.24, 2.45) is 5.92 Å². The fraction of sp³-hybridized carbons (Fsp3) is 0.529. The van der Waals surface area contributed by atoms with E-state index in [4.69, 9.17) is 0 Å². The molecule has 138 valence electrons. The minimum absolute atomic E-state index is 0.0397. The largest absolute Gasteiger partial charge is 0.348 e. The van der Waals surface area contributed by atoms with E-state index < -0.39 is 39.0 Å². The predicted molar refractivity (Wildman–Crippen MR) is 92.3 cm³/mol. The molecule has 1 fully saturated rings. The summed E-state index contributed by atoms with van der Waals surface area (Å²) < 4.78 is 36.3. The number of hydrogen-bond acceptors (Lipinski definition) is 4. The molecule has 6 nitrogen and oxygen atoms in total. The number of nitrogens with one attached hydrogen (secondary N) is 2. The van der Waals surface area contributed by atoms with Crippen molar-refractivity contribution in [1.82, 2.24) is 10.6 Å². The van der Waals surface area contributed by atoms with Crippen LogP contribution in [0.3, 0.4) is 0 Å². The van der Waals surface area contributed by atoms with E-state index in [1.54, 1.807) is 20.8 Å². The lowest BCUT2D eigenvalue weighted by molar-refractivity contribution is -0.125. The number of hydrogen-bond donors (Lipinski definition) is 2. The molecule has 2 rings (SSSR count). The molecule has 25 heavy (non-hydrogen) atoms. The van der Waals surface area contributed by atoms with Crippen molar-refractivity contribution in [1.29, 1.82) is 0 Å². The Bertz CT molecular complexity index is 761. The number of rotatable bonds is 5. The average molecular weight is 370 g/mol. The third kappa shape index (κ3) is 5.01. The van der Waals surface area contributed by atoms with Crippen LogP contribution in [0.5, 0.6) is 0 Å². The molecule has 2 amide bonds. The molecule has 0 aromatic heterocycles. The lowest BCUT2D eigenvalue weighted by atomic mass is 9.98. The molecule has 1 aromatic carbocycles. The molecule has 0 bridgehead atoms. The SMILES string of the molecule is CC(C)[C@H](NC(=O)c1ccc(F)cc1)C(=O)N[C@]1(C)CCS(=O)(=O)C1. The van der Waals surface area contributed by atoms with Crippen LogP contribution in [-0.4, -0.2) is 43.3 Å². The molecule has 1 heterocycles. The molecule has 2 atom stereocenters. The van der Waals surface area contributed by atoms with E-state index in [0.29, 0.717) is 6.42 Å². The first-order chi connectivity index (χ1) is 11.5. The van der Waals surface area contributed by atoms with Crippen LogP contribution in [0.1, 0.15) is 37.6 Å². The van der Waals surface area contributed by atoms with Gasteiger partial charge in [0.25, 0.3) is 5.91 Å². The summed E-state index contributed by atoms with van der Waals surface area (Å²) in [6.45, 7) is 5.25. The van der Waals surface area contributed by atoms with Gasteiger partial charge < -0.3 is 10.6 Å². The second kappa shape index (κ2) is 7.11. The Labute approximate surface area is 147 Å². The molecule has 1 aliphatic heterocycles. The van der Waals surface area contributed by atoms with E-state index in [1.165, 1.54) is 24.3 Å². The van der Waals surface area contributed by atoms with Gasteiger partial charge in [0.1, 0.15) is 11.9 Å². The normalized spacial score (nSPS) is 23.2. The fourth-order valence-corrected chi connectivity index (χ4v) is 4.94. The maximum atomic E-state index is 13.0. The van der Waals surface area contributed by atoms with Gasteiger partial charge in [-0.05, 0) is 43.5 Å². The number of sulfone groups is 1. The molecule has 0 spiro atoms. The summed E-state index contributed by atoms with van der Waals surface area (Å²) in [5.41, 5.74) is -0.585. The van der Waals surface area contributed by atoms with Crippen LogP contribution in [0.2, 0.25) is 0 Å². The highest BCUT2D eigenvalue weighted by atomic mass is 32.2. The van der Waals surface area contributed by atoms with Gasteiger partial charge in [-0.15, -0.1) is 0 Å². The first-order valence-electron chi connectivity index (χ1n) is 8.10. The highest BCUT2D eigenvalue weighted by Crippen LogP contribution is 2.23. The van der Waals surface area contributed by atoms with Crippen molar-refractivity contribution in [2.75, 3.05) is 11.5 Å². The van der Waals surface area contributed by atoms with Gasteiger partial charge in [-0.3, -0.25) is 9.59 Å². The highest BCUT2D eigenvalue weighted by molar-refractivity contribution is 7.91. The van der Waals surface area contributed by atoms with E-state index in [9.17, 15) is 22.4 Å². The standard InChI is InChI=1S/C17H23FN2O4S/c1-11(2)14(19-15(21)12-4-6-13(18)7-5-12)16(22)20-17(3)8-9-25(23,24)10-17/h4-7,11,14H,8-10H2,1-3H3,(H,19,21)(H,20,22)/t14-,17+/m0/s1. The van der Waals surface area contributed by atoms with Gasteiger partial charge in [0, 0.05) is 5.56 Å². The Morgan fingerprint density at radius 1 is 1.20 bits per heavy atom.